The van der Waals surface area contributed by atoms with Gasteiger partial charge in [0.15, 0.2) is 0 Å². The van der Waals surface area contributed by atoms with Crippen LogP contribution >= 0.6 is 0 Å². The van der Waals surface area contributed by atoms with Gasteiger partial charge in [0, 0.05) is 5.41 Å². The van der Waals surface area contributed by atoms with Crippen LogP contribution in [0.1, 0.15) is 32.3 Å². The van der Waals surface area contributed by atoms with Crippen LogP contribution in [-0.4, -0.2) is 16.4 Å². The predicted octanol–water partition coefficient (Wildman–Crippen LogP) is 4.29. The molecule has 0 fully saturated rings. The van der Waals surface area contributed by atoms with E-state index in [9.17, 15) is 4.39 Å². The number of rotatable bonds is 1. The van der Waals surface area contributed by atoms with E-state index in [1.165, 1.54) is 6.07 Å². The minimum atomic E-state index is -1.83. The molecular weight excluding hydrogens is 247 g/mol. The molecule has 2 N–H and O–H groups in total. The average Bonchev–Trinajstić information content (AvgIpc) is 2.28. The Bertz CT molecular complexity index is 466. The minimum Gasteiger partial charge on any atom is -0.450 e. The summed E-state index contributed by atoms with van der Waals surface area (Å²) < 4.78 is 13.2. The molecule has 1 aliphatic rings. The Balaban J connectivity index is 0.000000399. The topological polar surface area (TPSA) is 57.5 Å². The van der Waals surface area contributed by atoms with Gasteiger partial charge in [0.2, 0.25) is 0 Å². The Morgan fingerprint density at radius 1 is 1.42 bits per heavy atom. The molecule has 0 aliphatic heterocycles. The summed E-state index contributed by atoms with van der Waals surface area (Å²) in [6, 6.07) is 6.97. The number of allylic oxidation sites excluding steroid dienone is 2. The molecule has 104 valence electrons. The van der Waals surface area contributed by atoms with Crippen LogP contribution in [-0.2, 0) is 5.41 Å². The Labute approximate surface area is 112 Å². The highest BCUT2D eigenvalue weighted by atomic mass is 19.1. The maximum Gasteiger partial charge on any atom is 0.503 e. The van der Waals surface area contributed by atoms with Crippen LogP contribution in [0.2, 0.25) is 0 Å². The zero-order chi connectivity index (χ0) is 14.5. The molecule has 0 radical (unpaired) electrons. The molecule has 2 unspecified atom stereocenters. The van der Waals surface area contributed by atoms with E-state index >= 15 is 0 Å². The second kappa shape index (κ2) is 6.36. The first-order valence-electron chi connectivity index (χ1n) is 6.19. The van der Waals surface area contributed by atoms with E-state index in [0.717, 1.165) is 18.4 Å². The maximum atomic E-state index is 13.2. The van der Waals surface area contributed by atoms with E-state index in [4.69, 9.17) is 15.0 Å². The van der Waals surface area contributed by atoms with Gasteiger partial charge >= 0.3 is 6.16 Å². The molecule has 4 heteroatoms. The summed E-state index contributed by atoms with van der Waals surface area (Å²) in [6.45, 7) is 4.44. The summed E-state index contributed by atoms with van der Waals surface area (Å²) in [5.74, 6) is 0.545. The number of halogens is 1. The maximum absolute atomic E-state index is 13.2. The highest BCUT2D eigenvalue weighted by Crippen LogP contribution is 2.37. The number of hydrogen-bond acceptors (Lipinski definition) is 1. The molecule has 1 aromatic rings. The van der Waals surface area contributed by atoms with Crippen LogP contribution < -0.4 is 0 Å². The lowest BCUT2D eigenvalue weighted by Crippen LogP contribution is -2.25. The number of hydrogen-bond donors (Lipinski definition) is 2. The molecule has 0 aromatic heterocycles. The van der Waals surface area contributed by atoms with Gasteiger partial charge < -0.3 is 10.2 Å². The van der Waals surface area contributed by atoms with Gasteiger partial charge in [-0.15, -0.1) is 0 Å². The molecular formula is C15H19FO3. The monoisotopic (exact) mass is 266 g/mol. The summed E-state index contributed by atoms with van der Waals surface area (Å²) in [6.07, 6.45) is 4.86. The summed E-state index contributed by atoms with van der Waals surface area (Å²) in [7, 11) is 0. The lowest BCUT2D eigenvalue weighted by molar-refractivity contribution is 0.137. The third kappa shape index (κ3) is 4.73. The highest BCUT2D eigenvalue weighted by molar-refractivity contribution is 5.53. The Morgan fingerprint density at radius 2 is 2.05 bits per heavy atom. The van der Waals surface area contributed by atoms with Gasteiger partial charge in [0.25, 0.3) is 0 Å². The molecule has 0 saturated heterocycles. The van der Waals surface area contributed by atoms with E-state index < -0.39 is 6.16 Å². The van der Waals surface area contributed by atoms with Gasteiger partial charge in [-0.1, -0.05) is 38.1 Å². The first kappa shape index (κ1) is 15.2. The quantitative estimate of drug-likeness (QED) is 0.745. The fourth-order valence-corrected chi connectivity index (χ4v) is 2.49. The minimum absolute atomic E-state index is 0.0137. The van der Waals surface area contributed by atoms with Crippen LogP contribution in [0.5, 0.6) is 0 Å². The van der Waals surface area contributed by atoms with Crippen molar-refractivity contribution >= 4 is 6.16 Å². The third-order valence-electron chi connectivity index (χ3n) is 3.28. The zero-order valence-corrected chi connectivity index (χ0v) is 11.1. The molecule has 3 nitrogen and oxygen atoms in total. The van der Waals surface area contributed by atoms with E-state index in [1.54, 1.807) is 12.1 Å². The first-order valence-corrected chi connectivity index (χ1v) is 6.19. The van der Waals surface area contributed by atoms with Gasteiger partial charge in [-0.25, -0.2) is 9.18 Å². The lowest BCUT2D eigenvalue weighted by Gasteiger charge is -2.33. The summed E-state index contributed by atoms with van der Waals surface area (Å²) >= 11 is 0. The van der Waals surface area contributed by atoms with Gasteiger partial charge in [-0.05, 0) is 36.5 Å². The van der Waals surface area contributed by atoms with Gasteiger partial charge in [-0.3, -0.25) is 0 Å². The Morgan fingerprint density at radius 3 is 2.58 bits per heavy atom. The van der Waals surface area contributed by atoms with Gasteiger partial charge in [0.05, 0.1) is 0 Å². The van der Waals surface area contributed by atoms with Crippen molar-refractivity contribution in [3.63, 3.8) is 0 Å². The molecule has 2 rings (SSSR count). The van der Waals surface area contributed by atoms with E-state index in [1.807, 2.05) is 6.07 Å². The molecule has 0 saturated carbocycles. The zero-order valence-electron chi connectivity index (χ0n) is 11.1. The van der Waals surface area contributed by atoms with Gasteiger partial charge in [-0.2, -0.15) is 0 Å². The SMILES string of the molecule is CC1CC=CC(C)(c2cccc(F)c2)C1.O=C(O)O. The van der Waals surface area contributed by atoms with Crippen molar-refractivity contribution in [2.45, 2.75) is 32.1 Å². The van der Waals surface area contributed by atoms with E-state index in [2.05, 4.69) is 26.0 Å². The van der Waals surface area contributed by atoms with E-state index in [0.29, 0.717) is 5.92 Å². The Hall–Kier alpha value is -1.84. The third-order valence-corrected chi connectivity index (χ3v) is 3.28. The van der Waals surface area contributed by atoms with E-state index in [-0.39, 0.29) is 11.2 Å². The summed E-state index contributed by atoms with van der Waals surface area (Å²) in [5.41, 5.74) is 1.10. The van der Waals surface area contributed by atoms with Crippen LogP contribution in [0.15, 0.2) is 36.4 Å². The average molecular weight is 266 g/mol. The first-order chi connectivity index (χ1) is 8.83. The van der Waals surface area contributed by atoms with Gasteiger partial charge in [0.1, 0.15) is 5.82 Å². The molecule has 0 bridgehead atoms. The second-order valence-corrected chi connectivity index (χ2v) is 5.16. The van der Waals surface area contributed by atoms with Crippen LogP contribution in [0.4, 0.5) is 9.18 Å². The van der Waals surface area contributed by atoms with Crippen molar-refractivity contribution in [3.8, 4) is 0 Å². The smallest absolute Gasteiger partial charge is 0.450 e. The fourth-order valence-electron chi connectivity index (χ4n) is 2.49. The molecule has 1 aliphatic carbocycles. The predicted molar refractivity (Wildman–Crippen MR) is 71.9 cm³/mol. The highest BCUT2D eigenvalue weighted by Gasteiger charge is 2.28. The van der Waals surface area contributed by atoms with Crippen LogP contribution in [0, 0.1) is 11.7 Å². The lowest BCUT2D eigenvalue weighted by atomic mass is 9.72. The van der Waals surface area contributed by atoms with Crippen molar-refractivity contribution in [1.29, 1.82) is 0 Å². The number of benzene rings is 1. The van der Waals surface area contributed by atoms with Crippen molar-refractivity contribution in [2.75, 3.05) is 0 Å². The summed E-state index contributed by atoms with van der Waals surface area (Å²) in [5, 5.41) is 13.9. The molecule has 0 heterocycles. The Kier molecular flexibility index (Phi) is 5.10. The van der Waals surface area contributed by atoms with Crippen molar-refractivity contribution < 1.29 is 19.4 Å². The standard InChI is InChI=1S/C14H17F.CH2O3/c1-11-5-4-8-14(2,10-11)12-6-3-7-13(15)9-12;2-1(3)4/h3-4,6-9,11H,5,10H2,1-2H3;(H2,2,3,4). The molecule has 0 amide bonds. The fraction of sp³-hybridized carbons (Fsp3) is 0.400. The number of carboxylic acid groups (broad SMARTS) is 2. The molecule has 19 heavy (non-hydrogen) atoms. The normalized spacial score (nSPS) is 25.3. The molecule has 1 aromatic carbocycles. The largest absolute Gasteiger partial charge is 0.503 e. The van der Waals surface area contributed by atoms with Crippen LogP contribution in [0.3, 0.4) is 0 Å². The van der Waals surface area contributed by atoms with Crippen molar-refractivity contribution in [1.82, 2.24) is 0 Å². The number of carbonyl (C=O) groups is 1. The summed E-state index contributed by atoms with van der Waals surface area (Å²) in [4.78, 5) is 8.56. The molecule has 2 atom stereocenters. The second-order valence-electron chi connectivity index (χ2n) is 5.16. The van der Waals surface area contributed by atoms with Crippen molar-refractivity contribution in [3.05, 3.63) is 47.8 Å². The van der Waals surface area contributed by atoms with Crippen molar-refractivity contribution in [2.24, 2.45) is 5.92 Å². The molecule has 0 spiro atoms. The van der Waals surface area contributed by atoms with Crippen LogP contribution in [0.25, 0.3) is 0 Å².